The van der Waals surface area contributed by atoms with Crippen molar-refractivity contribution >= 4 is 49.4 Å². The van der Waals surface area contributed by atoms with Crippen molar-refractivity contribution in [2.75, 3.05) is 16.2 Å². The first-order chi connectivity index (χ1) is 15.0. The van der Waals surface area contributed by atoms with Crippen LogP contribution in [0.5, 0.6) is 0 Å². The van der Waals surface area contributed by atoms with Crippen LogP contribution in [0.4, 0.5) is 11.4 Å². The first kappa shape index (κ1) is 19.8. The molecule has 0 spiro atoms. The molecule has 0 radical (unpaired) electrons. The standard InChI is InChI=1S/C24H20N2O3S2/c27-24(22-10-5-15-30-22)26-14-4-8-18-16-19(12-13-21(18)26)25-31(28,29)23-11-3-7-17-6-1-2-9-20(17)23/h1-3,5-7,9-13,15-16,25H,4,8,14H2. The smallest absolute Gasteiger partial charge is 0.268 e. The van der Waals surface area contributed by atoms with E-state index in [-0.39, 0.29) is 10.8 Å². The fourth-order valence-corrected chi connectivity index (χ4v) is 6.00. The van der Waals surface area contributed by atoms with Crippen molar-refractivity contribution in [3.05, 3.63) is 88.6 Å². The zero-order valence-electron chi connectivity index (χ0n) is 16.6. The van der Waals surface area contributed by atoms with Crippen molar-refractivity contribution in [3.8, 4) is 0 Å². The van der Waals surface area contributed by atoms with Gasteiger partial charge in [0.25, 0.3) is 15.9 Å². The van der Waals surface area contributed by atoms with Gasteiger partial charge in [0.1, 0.15) is 0 Å². The molecule has 4 aromatic rings. The van der Waals surface area contributed by atoms with Crippen molar-refractivity contribution in [1.82, 2.24) is 0 Å². The molecule has 7 heteroatoms. The van der Waals surface area contributed by atoms with Crippen molar-refractivity contribution in [2.45, 2.75) is 17.7 Å². The summed E-state index contributed by atoms with van der Waals surface area (Å²) in [6, 6.07) is 21.8. The topological polar surface area (TPSA) is 66.5 Å². The maximum Gasteiger partial charge on any atom is 0.268 e. The molecule has 2 heterocycles. The molecule has 0 unspecified atom stereocenters. The highest BCUT2D eigenvalue weighted by atomic mass is 32.2. The van der Waals surface area contributed by atoms with Crippen molar-refractivity contribution in [3.63, 3.8) is 0 Å². The van der Waals surface area contributed by atoms with Crippen molar-refractivity contribution < 1.29 is 13.2 Å². The number of fused-ring (bicyclic) bond motifs is 2. The van der Waals surface area contributed by atoms with Crippen molar-refractivity contribution in [1.29, 1.82) is 0 Å². The normalized spacial score (nSPS) is 13.7. The Kier molecular flexibility index (Phi) is 5.00. The average molecular weight is 449 g/mol. The number of nitrogens with one attached hydrogen (secondary N) is 1. The van der Waals surface area contributed by atoms with Gasteiger partial charge in [-0.15, -0.1) is 11.3 Å². The van der Waals surface area contributed by atoms with Crippen LogP contribution in [-0.4, -0.2) is 20.9 Å². The summed E-state index contributed by atoms with van der Waals surface area (Å²) in [6.45, 7) is 0.658. The van der Waals surface area contributed by atoms with Gasteiger partial charge >= 0.3 is 0 Å². The third-order valence-corrected chi connectivity index (χ3v) is 7.76. The van der Waals surface area contributed by atoms with Crippen LogP contribution < -0.4 is 9.62 Å². The van der Waals surface area contributed by atoms with Gasteiger partial charge in [-0.05, 0) is 59.5 Å². The third-order valence-electron chi connectivity index (χ3n) is 5.47. The molecule has 1 aromatic heterocycles. The summed E-state index contributed by atoms with van der Waals surface area (Å²) in [7, 11) is -3.76. The van der Waals surface area contributed by atoms with E-state index < -0.39 is 10.0 Å². The number of nitrogens with zero attached hydrogens (tertiary/aromatic N) is 1. The lowest BCUT2D eigenvalue weighted by Gasteiger charge is -2.29. The van der Waals surface area contributed by atoms with Gasteiger partial charge in [0, 0.05) is 23.3 Å². The molecule has 5 nitrogen and oxygen atoms in total. The largest absolute Gasteiger partial charge is 0.307 e. The fraction of sp³-hybridized carbons (Fsp3) is 0.125. The highest BCUT2D eigenvalue weighted by Gasteiger charge is 2.25. The van der Waals surface area contributed by atoms with Gasteiger partial charge < -0.3 is 4.90 Å². The Morgan fingerprint density at radius 3 is 2.65 bits per heavy atom. The van der Waals surface area contributed by atoms with E-state index in [0.717, 1.165) is 29.5 Å². The summed E-state index contributed by atoms with van der Waals surface area (Å²) in [5, 5.41) is 3.45. The molecule has 31 heavy (non-hydrogen) atoms. The SMILES string of the molecule is O=C(c1cccs1)N1CCCc2cc(NS(=O)(=O)c3cccc4ccccc34)ccc21. The zero-order chi connectivity index (χ0) is 21.4. The van der Waals surface area contributed by atoms with Crippen LogP contribution in [-0.2, 0) is 16.4 Å². The molecule has 3 aromatic carbocycles. The fourth-order valence-electron chi connectivity index (χ4n) is 4.04. The number of rotatable bonds is 4. The number of hydrogen-bond acceptors (Lipinski definition) is 4. The maximum absolute atomic E-state index is 13.1. The number of thiophene rings is 1. The van der Waals surface area contributed by atoms with Crippen LogP contribution in [0.2, 0.25) is 0 Å². The van der Waals surface area contributed by atoms with Gasteiger partial charge in [-0.2, -0.15) is 0 Å². The van der Waals surface area contributed by atoms with E-state index in [1.165, 1.54) is 11.3 Å². The van der Waals surface area contributed by atoms with Crippen LogP contribution in [0.3, 0.4) is 0 Å². The molecule has 5 rings (SSSR count). The minimum absolute atomic E-state index is 0.0139. The molecule has 1 N–H and O–H groups in total. The minimum Gasteiger partial charge on any atom is -0.307 e. The Labute approximate surface area is 185 Å². The van der Waals surface area contributed by atoms with Gasteiger partial charge in [-0.1, -0.05) is 42.5 Å². The van der Waals surface area contributed by atoms with Crippen molar-refractivity contribution in [2.24, 2.45) is 0 Å². The summed E-state index contributed by atoms with van der Waals surface area (Å²) in [5.74, 6) is -0.0139. The quantitative estimate of drug-likeness (QED) is 0.461. The Hall–Kier alpha value is -3.16. The number of carbonyl (C=O) groups excluding carboxylic acids is 1. The summed E-state index contributed by atoms with van der Waals surface area (Å²) < 4.78 is 29.0. The second kappa shape index (κ2) is 7.83. The molecule has 0 aliphatic carbocycles. The molecular weight excluding hydrogens is 428 g/mol. The molecular formula is C24H20N2O3S2. The Morgan fingerprint density at radius 1 is 0.968 bits per heavy atom. The van der Waals surface area contributed by atoms with E-state index in [4.69, 9.17) is 0 Å². The summed E-state index contributed by atoms with van der Waals surface area (Å²) in [4.78, 5) is 15.6. The number of anilines is 2. The van der Waals surface area contributed by atoms with E-state index in [1.54, 1.807) is 23.1 Å². The van der Waals surface area contributed by atoms with Gasteiger partial charge in [0.05, 0.1) is 9.77 Å². The molecule has 156 valence electrons. The lowest BCUT2D eigenvalue weighted by molar-refractivity contribution is 0.0989. The molecule has 1 amide bonds. The summed E-state index contributed by atoms with van der Waals surface area (Å²) >= 11 is 1.43. The number of aryl methyl sites for hydroxylation is 1. The van der Waals surface area contributed by atoms with Crippen LogP contribution in [0.25, 0.3) is 10.8 Å². The molecule has 0 fully saturated rings. The summed E-state index contributed by atoms with van der Waals surface area (Å²) in [5.41, 5.74) is 2.31. The molecule has 1 aliphatic heterocycles. The van der Waals surface area contributed by atoms with E-state index >= 15 is 0 Å². The van der Waals surface area contributed by atoms with Gasteiger partial charge in [0.15, 0.2) is 0 Å². The average Bonchev–Trinajstić information content (AvgIpc) is 3.32. The van der Waals surface area contributed by atoms with E-state index in [9.17, 15) is 13.2 Å². The van der Waals surface area contributed by atoms with Gasteiger partial charge in [0.2, 0.25) is 0 Å². The van der Waals surface area contributed by atoms with E-state index in [0.29, 0.717) is 22.5 Å². The number of carbonyl (C=O) groups is 1. The number of hydrogen-bond donors (Lipinski definition) is 1. The van der Waals surface area contributed by atoms with Gasteiger partial charge in [-0.25, -0.2) is 8.42 Å². The Balaban J connectivity index is 1.46. The Morgan fingerprint density at radius 2 is 1.81 bits per heavy atom. The Bertz CT molecular complexity index is 1370. The van der Waals surface area contributed by atoms with Crippen LogP contribution in [0.15, 0.2) is 83.1 Å². The lowest BCUT2D eigenvalue weighted by atomic mass is 10.0. The predicted octanol–water partition coefficient (Wildman–Crippen LogP) is 5.30. The predicted molar refractivity (Wildman–Crippen MR) is 126 cm³/mol. The monoisotopic (exact) mass is 448 g/mol. The van der Waals surface area contributed by atoms with Crippen LogP contribution in [0, 0.1) is 0 Å². The third kappa shape index (κ3) is 3.71. The molecule has 1 aliphatic rings. The molecule has 0 bridgehead atoms. The summed E-state index contributed by atoms with van der Waals surface area (Å²) in [6.07, 6.45) is 1.64. The maximum atomic E-state index is 13.1. The first-order valence-electron chi connectivity index (χ1n) is 10.0. The van der Waals surface area contributed by atoms with Gasteiger partial charge in [-0.3, -0.25) is 9.52 Å². The number of amides is 1. The van der Waals surface area contributed by atoms with E-state index in [2.05, 4.69) is 4.72 Å². The zero-order valence-corrected chi connectivity index (χ0v) is 18.2. The molecule has 0 saturated heterocycles. The lowest BCUT2D eigenvalue weighted by Crippen LogP contribution is -2.35. The second-order valence-electron chi connectivity index (χ2n) is 7.46. The highest BCUT2D eigenvalue weighted by molar-refractivity contribution is 7.93. The van der Waals surface area contributed by atoms with Crippen LogP contribution in [0.1, 0.15) is 21.7 Å². The number of benzene rings is 3. The van der Waals surface area contributed by atoms with Crippen LogP contribution >= 0.6 is 11.3 Å². The first-order valence-corrected chi connectivity index (χ1v) is 12.4. The minimum atomic E-state index is -3.76. The highest BCUT2D eigenvalue weighted by Crippen LogP contribution is 2.33. The second-order valence-corrected chi connectivity index (χ2v) is 10.1. The molecule has 0 saturated carbocycles. The number of sulfonamides is 1. The van der Waals surface area contributed by atoms with E-state index in [1.807, 2.05) is 60.0 Å². The molecule has 0 atom stereocenters.